The first-order chi connectivity index (χ1) is 17.1. The molecule has 5 rings (SSSR count). The molecule has 0 saturated heterocycles. The Kier molecular flexibility index (Phi) is 6.06. The van der Waals surface area contributed by atoms with Crippen LogP contribution in [0.25, 0.3) is 11.3 Å². The Morgan fingerprint density at radius 1 is 0.943 bits per heavy atom. The number of hydrogen-bond acceptors (Lipinski definition) is 5. The molecule has 0 fully saturated rings. The Hall–Kier alpha value is -4.39. The highest BCUT2D eigenvalue weighted by molar-refractivity contribution is 6.12. The third-order valence-electron chi connectivity index (χ3n) is 5.98. The van der Waals surface area contributed by atoms with E-state index >= 15 is 0 Å². The number of benzene rings is 3. The molecule has 1 N–H and O–H groups in total. The van der Waals surface area contributed by atoms with Crippen LogP contribution in [0.2, 0.25) is 0 Å². The van der Waals surface area contributed by atoms with E-state index in [4.69, 9.17) is 9.47 Å². The van der Waals surface area contributed by atoms with Gasteiger partial charge < -0.3 is 9.47 Å². The van der Waals surface area contributed by atoms with Gasteiger partial charge in [-0.1, -0.05) is 42.5 Å². The average Bonchev–Trinajstić information content (AvgIpc) is 3.44. The summed E-state index contributed by atoms with van der Waals surface area (Å²) in [5, 5.41) is 7.48. The van der Waals surface area contributed by atoms with Gasteiger partial charge in [0.05, 0.1) is 30.5 Å². The first-order valence-electron chi connectivity index (χ1n) is 11.6. The highest BCUT2D eigenvalue weighted by Crippen LogP contribution is 2.45. The van der Waals surface area contributed by atoms with E-state index in [0.717, 1.165) is 28.1 Å². The molecule has 0 bridgehead atoms. The molecule has 0 aliphatic carbocycles. The molecule has 3 aromatic carbocycles. The van der Waals surface area contributed by atoms with Crippen LogP contribution in [0.1, 0.15) is 51.9 Å². The third kappa shape index (κ3) is 4.05. The van der Waals surface area contributed by atoms with Gasteiger partial charge in [-0.05, 0) is 55.8 Å². The SMILES string of the molecule is CCOC(=O)c1ccc(N2C(=O)c3[nH]nc(-c4ccccc4)c3[C@H]2c2ccc(OCC)cc2)cc1. The summed E-state index contributed by atoms with van der Waals surface area (Å²) >= 11 is 0. The number of H-pyrrole nitrogens is 1. The second-order valence-corrected chi connectivity index (χ2v) is 8.07. The first-order valence-corrected chi connectivity index (χ1v) is 11.6. The number of hydrogen-bond donors (Lipinski definition) is 1. The Morgan fingerprint density at radius 3 is 2.31 bits per heavy atom. The number of aromatic nitrogens is 2. The van der Waals surface area contributed by atoms with E-state index in [1.54, 1.807) is 36.1 Å². The average molecular weight is 468 g/mol. The van der Waals surface area contributed by atoms with Gasteiger partial charge in [0.25, 0.3) is 5.91 Å². The number of amides is 1. The van der Waals surface area contributed by atoms with Crippen LogP contribution in [0.3, 0.4) is 0 Å². The zero-order valence-corrected chi connectivity index (χ0v) is 19.5. The quantitative estimate of drug-likeness (QED) is 0.368. The van der Waals surface area contributed by atoms with Crippen molar-refractivity contribution in [2.75, 3.05) is 18.1 Å². The molecule has 0 spiro atoms. The van der Waals surface area contributed by atoms with Gasteiger partial charge in [-0.3, -0.25) is 14.8 Å². The highest BCUT2D eigenvalue weighted by atomic mass is 16.5. The molecule has 7 nitrogen and oxygen atoms in total. The molecule has 176 valence electrons. The van der Waals surface area contributed by atoms with Crippen LogP contribution >= 0.6 is 0 Å². The van der Waals surface area contributed by atoms with E-state index in [0.29, 0.717) is 30.2 Å². The Balaban J connectivity index is 1.61. The summed E-state index contributed by atoms with van der Waals surface area (Å²) in [4.78, 5) is 27.5. The van der Waals surface area contributed by atoms with Crippen LogP contribution in [0.15, 0.2) is 78.9 Å². The molecule has 1 atom stereocenters. The number of carbonyl (C=O) groups excluding carboxylic acids is 2. The minimum Gasteiger partial charge on any atom is -0.494 e. The minimum atomic E-state index is -0.407. The standard InChI is InChI=1S/C28H25N3O4/c1-3-34-22-16-12-19(13-17-22)26-23-24(18-8-6-5-7-9-18)29-30-25(23)27(32)31(26)21-14-10-20(11-15-21)28(33)35-4-2/h5-17,26H,3-4H2,1-2H3,(H,29,30)/t26-/m1/s1. The number of fused-ring (bicyclic) bond motifs is 1. The van der Waals surface area contributed by atoms with Crippen LogP contribution < -0.4 is 9.64 Å². The lowest BCUT2D eigenvalue weighted by Crippen LogP contribution is -2.29. The van der Waals surface area contributed by atoms with Crippen molar-refractivity contribution in [2.24, 2.45) is 0 Å². The molecule has 2 heterocycles. The molecule has 0 unspecified atom stereocenters. The molecule has 35 heavy (non-hydrogen) atoms. The van der Waals surface area contributed by atoms with Crippen LogP contribution in [0, 0.1) is 0 Å². The lowest BCUT2D eigenvalue weighted by atomic mass is 9.95. The van der Waals surface area contributed by atoms with E-state index < -0.39 is 12.0 Å². The molecule has 1 amide bonds. The maximum Gasteiger partial charge on any atom is 0.338 e. The van der Waals surface area contributed by atoms with Crippen LogP contribution in [-0.2, 0) is 4.74 Å². The molecule has 1 aliphatic heterocycles. The van der Waals surface area contributed by atoms with Crippen molar-refractivity contribution in [2.45, 2.75) is 19.9 Å². The number of esters is 1. The summed E-state index contributed by atoms with van der Waals surface area (Å²) < 4.78 is 10.7. The number of carbonyl (C=O) groups is 2. The Bertz CT molecular complexity index is 1350. The third-order valence-corrected chi connectivity index (χ3v) is 5.98. The zero-order valence-electron chi connectivity index (χ0n) is 19.5. The van der Waals surface area contributed by atoms with Crippen molar-refractivity contribution < 1.29 is 19.1 Å². The van der Waals surface area contributed by atoms with E-state index in [1.165, 1.54) is 0 Å². The number of anilines is 1. The molecule has 1 aliphatic rings. The maximum absolute atomic E-state index is 13.7. The summed E-state index contributed by atoms with van der Waals surface area (Å²) in [6.07, 6.45) is 0. The molecule has 0 radical (unpaired) electrons. The van der Waals surface area contributed by atoms with E-state index in [1.807, 2.05) is 61.5 Å². The number of ether oxygens (including phenoxy) is 2. The zero-order chi connectivity index (χ0) is 24.4. The lowest BCUT2D eigenvalue weighted by Gasteiger charge is -2.27. The predicted octanol–water partition coefficient (Wildman–Crippen LogP) is 5.40. The molecular weight excluding hydrogens is 442 g/mol. The summed E-state index contributed by atoms with van der Waals surface area (Å²) in [6.45, 7) is 4.58. The Morgan fingerprint density at radius 2 is 1.66 bits per heavy atom. The minimum absolute atomic E-state index is 0.183. The topological polar surface area (TPSA) is 84.5 Å². The fraction of sp³-hybridized carbons (Fsp3) is 0.179. The number of nitrogens with zero attached hydrogens (tertiary/aromatic N) is 2. The normalized spacial score (nSPS) is 14.6. The van der Waals surface area contributed by atoms with E-state index in [2.05, 4.69) is 10.2 Å². The lowest BCUT2D eigenvalue weighted by molar-refractivity contribution is 0.0526. The van der Waals surface area contributed by atoms with Gasteiger partial charge in [0.2, 0.25) is 0 Å². The molecule has 0 saturated carbocycles. The van der Waals surface area contributed by atoms with E-state index in [-0.39, 0.29) is 5.91 Å². The first kappa shape index (κ1) is 22.4. The highest BCUT2D eigenvalue weighted by Gasteiger charge is 2.43. The van der Waals surface area contributed by atoms with Crippen molar-refractivity contribution in [3.8, 4) is 17.0 Å². The number of nitrogens with one attached hydrogen (secondary N) is 1. The summed E-state index contributed by atoms with van der Waals surface area (Å²) in [7, 11) is 0. The largest absolute Gasteiger partial charge is 0.494 e. The molecule has 7 heteroatoms. The fourth-order valence-electron chi connectivity index (χ4n) is 4.43. The van der Waals surface area contributed by atoms with Crippen molar-refractivity contribution in [1.29, 1.82) is 0 Å². The Labute approximate surface area is 203 Å². The van der Waals surface area contributed by atoms with Crippen LogP contribution in [0.4, 0.5) is 5.69 Å². The molecule has 4 aromatic rings. The van der Waals surface area contributed by atoms with Crippen molar-refractivity contribution in [3.05, 3.63) is 101 Å². The summed E-state index contributed by atoms with van der Waals surface area (Å²) in [5.41, 5.74) is 4.97. The second-order valence-electron chi connectivity index (χ2n) is 8.07. The number of rotatable bonds is 7. The van der Waals surface area contributed by atoms with Gasteiger partial charge in [0.15, 0.2) is 0 Å². The summed E-state index contributed by atoms with van der Waals surface area (Å²) in [5.74, 6) is 0.190. The van der Waals surface area contributed by atoms with Gasteiger partial charge >= 0.3 is 5.97 Å². The van der Waals surface area contributed by atoms with E-state index in [9.17, 15) is 9.59 Å². The van der Waals surface area contributed by atoms with Crippen molar-refractivity contribution in [1.82, 2.24) is 10.2 Å². The van der Waals surface area contributed by atoms with Gasteiger partial charge in [0.1, 0.15) is 11.4 Å². The number of aromatic amines is 1. The van der Waals surface area contributed by atoms with Crippen LogP contribution in [0.5, 0.6) is 5.75 Å². The smallest absolute Gasteiger partial charge is 0.338 e. The molecule has 1 aromatic heterocycles. The monoisotopic (exact) mass is 467 g/mol. The van der Waals surface area contributed by atoms with Gasteiger partial charge in [-0.2, -0.15) is 5.10 Å². The second kappa shape index (κ2) is 9.46. The predicted molar refractivity (Wildman–Crippen MR) is 133 cm³/mol. The van der Waals surface area contributed by atoms with Gasteiger partial charge in [-0.25, -0.2) is 4.79 Å². The fourth-order valence-corrected chi connectivity index (χ4v) is 4.43. The van der Waals surface area contributed by atoms with Gasteiger partial charge in [0, 0.05) is 16.8 Å². The van der Waals surface area contributed by atoms with Crippen molar-refractivity contribution >= 4 is 17.6 Å². The van der Waals surface area contributed by atoms with Crippen LogP contribution in [-0.4, -0.2) is 35.3 Å². The van der Waals surface area contributed by atoms with Gasteiger partial charge in [-0.15, -0.1) is 0 Å². The molecular formula is C28H25N3O4. The maximum atomic E-state index is 13.7. The summed E-state index contributed by atoms with van der Waals surface area (Å²) in [6, 6.07) is 24.1. The van der Waals surface area contributed by atoms with Crippen molar-refractivity contribution in [3.63, 3.8) is 0 Å².